The lowest BCUT2D eigenvalue weighted by atomic mass is 9.87. The first-order chi connectivity index (χ1) is 9.57. The van der Waals surface area contributed by atoms with Crippen molar-refractivity contribution in [2.45, 2.75) is 57.2 Å². The molecule has 0 radical (unpaired) electrons. The van der Waals surface area contributed by atoms with E-state index in [0.29, 0.717) is 12.1 Å². The zero-order valence-corrected chi connectivity index (χ0v) is 12.8. The lowest BCUT2D eigenvalue weighted by Crippen LogP contribution is -2.49. The molecule has 112 valence electrons. The Morgan fingerprint density at radius 1 is 1.20 bits per heavy atom. The van der Waals surface area contributed by atoms with E-state index in [1.807, 2.05) is 30.3 Å². The molecule has 1 heterocycles. The van der Waals surface area contributed by atoms with Gasteiger partial charge in [0.2, 0.25) is 0 Å². The Kier molecular flexibility index (Phi) is 5.19. The molecule has 1 saturated heterocycles. The van der Waals surface area contributed by atoms with Crippen LogP contribution in [0, 0.1) is 0 Å². The zero-order chi connectivity index (χ0) is 14.6. The highest BCUT2D eigenvalue weighted by Gasteiger charge is 2.30. The van der Waals surface area contributed by atoms with Gasteiger partial charge in [0.25, 0.3) is 0 Å². The summed E-state index contributed by atoms with van der Waals surface area (Å²) in [7, 11) is 0. The fraction of sp³-hybridized carbons (Fsp3) is 0.647. The Labute approximate surface area is 122 Å². The maximum atomic E-state index is 9.76. The molecule has 1 fully saturated rings. The number of hydrogen-bond donors (Lipinski definition) is 2. The highest BCUT2D eigenvalue weighted by atomic mass is 16.3. The predicted molar refractivity (Wildman–Crippen MR) is 83.5 cm³/mol. The van der Waals surface area contributed by atoms with Gasteiger partial charge in [0.15, 0.2) is 0 Å². The van der Waals surface area contributed by atoms with Crippen molar-refractivity contribution >= 4 is 0 Å². The van der Waals surface area contributed by atoms with E-state index in [-0.39, 0.29) is 6.61 Å². The van der Waals surface area contributed by atoms with Crippen LogP contribution in [0.1, 0.15) is 45.1 Å². The molecule has 20 heavy (non-hydrogen) atoms. The summed E-state index contributed by atoms with van der Waals surface area (Å²) in [6.07, 6.45) is 4.66. The van der Waals surface area contributed by atoms with Crippen molar-refractivity contribution in [1.29, 1.82) is 0 Å². The van der Waals surface area contributed by atoms with Gasteiger partial charge in [-0.05, 0) is 38.7 Å². The minimum absolute atomic E-state index is 0.00633. The average Bonchev–Trinajstić information content (AvgIpc) is 2.47. The molecule has 1 aromatic rings. The normalized spacial score (nSPS) is 27.2. The average molecular weight is 276 g/mol. The Morgan fingerprint density at radius 2 is 1.80 bits per heavy atom. The summed E-state index contributed by atoms with van der Waals surface area (Å²) in [5.74, 6) is 0. The monoisotopic (exact) mass is 276 g/mol. The highest BCUT2D eigenvalue weighted by Crippen LogP contribution is 2.27. The van der Waals surface area contributed by atoms with Gasteiger partial charge >= 0.3 is 0 Å². The van der Waals surface area contributed by atoms with E-state index >= 15 is 0 Å². The molecule has 3 heteroatoms. The van der Waals surface area contributed by atoms with Crippen LogP contribution in [0.25, 0.3) is 0 Å². The second kappa shape index (κ2) is 6.70. The first-order valence-corrected chi connectivity index (χ1v) is 7.78. The number of likely N-dealkylation sites (tertiary alicyclic amines) is 1. The third-order valence-electron chi connectivity index (χ3n) is 4.82. The van der Waals surface area contributed by atoms with Crippen molar-refractivity contribution in [3.05, 3.63) is 35.9 Å². The first-order valence-electron chi connectivity index (χ1n) is 7.78. The first kappa shape index (κ1) is 15.5. The van der Waals surface area contributed by atoms with Crippen LogP contribution in [0.2, 0.25) is 0 Å². The number of benzene rings is 1. The molecule has 0 aromatic heterocycles. The molecule has 2 rings (SSSR count). The lowest BCUT2D eigenvalue weighted by Gasteiger charge is -2.41. The van der Waals surface area contributed by atoms with Gasteiger partial charge < -0.3 is 10.8 Å². The molecule has 0 amide bonds. The van der Waals surface area contributed by atoms with Crippen LogP contribution in [0.15, 0.2) is 30.3 Å². The molecule has 1 aliphatic rings. The zero-order valence-electron chi connectivity index (χ0n) is 12.8. The van der Waals surface area contributed by atoms with Gasteiger partial charge in [0.05, 0.1) is 12.1 Å². The van der Waals surface area contributed by atoms with Crippen LogP contribution < -0.4 is 5.73 Å². The largest absolute Gasteiger partial charge is 0.394 e. The Morgan fingerprint density at radius 3 is 2.35 bits per heavy atom. The van der Waals surface area contributed by atoms with Crippen molar-refractivity contribution in [2.75, 3.05) is 13.2 Å². The Balaban J connectivity index is 2.03. The van der Waals surface area contributed by atoms with Crippen molar-refractivity contribution in [3.63, 3.8) is 0 Å². The second-order valence-electron chi connectivity index (χ2n) is 6.30. The lowest BCUT2D eigenvalue weighted by molar-refractivity contribution is 0.0825. The number of aliphatic hydroxyl groups excluding tert-OH is 1. The molecule has 0 bridgehead atoms. The SMILES string of the molecule is CC1CCCC(C)N1CCC(N)(CO)c1ccccc1. The molecular formula is C17H28N2O. The van der Waals surface area contributed by atoms with Gasteiger partial charge in [-0.25, -0.2) is 0 Å². The third kappa shape index (κ3) is 3.40. The Bertz CT molecular complexity index is 399. The van der Waals surface area contributed by atoms with Crippen molar-refractivity contribution in [2.24, 2.45) is 5.73 Å². The van der Waals surface area contributed by atoms with Gasteiger partial charge in [-0.15, -0.1) is 0 Å². The standard InChI is InChI=1S/C17H28N2O/c1-14-7-6-8-15(2)19(14)12-11-17(18,13-20)16-9-4-3-5-10-16/h3-5,9-10,14-15,20H,6-8,11-13,18H2,1-2H3. The van der Waals surface area contributed by atoms with Crippen LogP contribution in [0.5, 0.6) is 0 Å². The minimum Gasteiger partial charge on any atom is -0.394 e. The molecule has 0 aliphatic carbocycles. The quantitative estimate of drug-likeness (QED) is 0.868. The van der Waals surface area contributed by atoms with E-state index in [1.54, 1.807) is 0 Å². The van der Waals surface area contributed by atoms with Crippen LogP contribution in [-0.2, 0) is 5.54 Å². The van der Waals surface area contributed by atoms with Crippen LogP contribution >= 0.6 is 0 Å². The number of nitrogens with two attached hydrogens (primary N) is 1. The third-order valence-corrected chi connectivity index (χ3v) is 4.82. The number of hydrogen-bond acceptors (Lipinski definition) is 3. The van der Waals surface area contributed by atoms with Gasteiger partial charge in [-0.2, -0.15) is 0 Å². The number of piperidine rings is 1. The van der Waals surface area contributed by atoms with Crippen molar-refractivity contribution in [3.8, 4) is 0 Å². The molecule has 3 N–H and O–H groups in total. The smallest absolute Gasteiger partial charge is 0.0656 e. The maximum absolute atomic E-state index is 9.76. The summed E-state index contributed by atoms with van der Waals surface area (Å²) in [5.41, 5.74) is 6.85. The summed E-state index contributed by atoms with van der Waals surface area (Å²) in [5, 5.41) is 9.76. The van der Waals surface area contributed by atoms with E-state index in [0.717, 1.165) is 18.5 Å². The van der Waals surface area contributed by atoms with E-state index in [4.69, 9.17) is 5.73 Å². The molecule has 0 saturated carbocycles. The fourth-order valence-electron chi connectivity index (χ4n) is 3.33. The van der Waals surface area contributed by atoms with Crippen LogP contribution in [0.4, 0.5) is 0 Å². The molecule has 3 atom stereocenters. The van der Waals surface area contributed by atoms with Crippen LogP contribution in [-0.4, -0.2) is 35.2 Å². The molecule has 1 aliphatic heterocycles. The van der Waals surface area contributed by atoms with Crippen molar-refractivity contribution < 1.29 is 5.11 Å². The van der Waals surface area contributed by atoms with Crippen molar-refractivity contribution in [1.82, 2.24) is 4.90 Å². The molecule has 1 aromatic carbocycles. The summed E-state index contributed by atoms with van der Waals surface area (Å²) < 4.78 is 0. The van der Waals surface area contributed by atoms with Gasteiger partial charge in [-0.1, -0.05) is 36.8 Å². The summed E-state index contributed by atoms with van der Waals surface area (Å²) in [6, 6.07) is 11.2. The van der Waals surface area contributed by atoms with Gasteiger partial charge in [0, 0.05) is 18.6 Å². The number of nitrogens with zero attached hydrogens (tertiary/aromatic N) is 1. The summed E-state index contributed by atoms with van der Waals surface area (Å²) in [6.45, 7) is 5.55. The fourth-order valence-corrected chi connectivity index (χ4v) is 3.33. The summed E-state index contributed by atoms with van der Waals surface area (Å²) in [4.78, 5) is 2.55. The van der Waals surface area contributed by atoms with E-state index in [1.165, 1.54) is 19.3 Å². The van der Waals surface area contributed by atoms with E-state index in [9.17, 15) is 5.11 Å². The van der Waals surface area contributed by atoms with Crippen LogP contribution in [0.3, 0.4) is 0 Å². The van der Waals surface area contributed by atoms with E-state index < -0.39 is 5.54 Å². The number of rotatable bonds is 5. The highest BCUT2D eigenvalue weighted by molar-refractivity contribution is 5.24. The Hall–Kier alpha value is -0.900. The minimum atomic E-state index is -0.627. The maximum Gasteiger partial charge on any atom is 0.0656 e. The molecule has 3 nitrogen and oxygen atoms in total. The molecular weight excluding hydrogens is 248 g/mol. The molecule has 0 spiro atoms. The second-order valence-corrected chi connectivity index (χ2v) is 6.30. The topological polar surface area (TPSA) is 49.5 Å². The van der Waals surface area contributed by atoms with Gasteiger partial charge in [-0.3, -0.25) is 4.90 Å². The predicted octanol–water partition coefficient (Wildman–Crippen LogP) is 2.49. The molecule has 3 unspecified atom stereocenters. The summed E-state index contributed by atoms with van der Waals surface area (Å²) >= 11 is 0. The number of aliphatic hydroxyl groups is 1. The van der Waals surface area contributed by atoms with Gasteiger partial charge in [0.1, 0.15) is 0 Å². The van der Waals surface area contributed by atoms with E-state index in [2.05, 4.69) is 18.7 Å².